The van der Waals surface area contributed by atoms with Crippen molar-refractivity contribution in [1.29, 1.82) is 0 Å². The number of carboxylic acid groups (broad SMARTS) is 1. The first-order valence-electron chi connectivity index (χ1n) is 5.11. The molecule has 0 saturated carbocycles. The molecule has 0 radical (unpaired) electrons. The van der Waals surface area contributed by atoms with Crippen LogP contribution in [0, 0.1) is 0 Å². The predicted octanol–water partition coefficient (Wildman–Crippen LogP) is 0.429. The number of hydrogen-bond donors (Lipinski definition) is 2. The highest BCUT2D eigenvalue weighted by Gasteiger charge is 2.25. The molecule has 2 rings (SSSR count). The standard InChI is InChI=1S/C10H12N2O4S/c13-10(14)8-3-1-4-9(7-8)12-6-2-5-11-17(12,15)16/h1,3-4,7,11H,2,5-6H2,(H,13,14). The van der Waals surface area contributed by atoms with E-state index in [0.29, 0.717) is 25.2 Å². The van der Waals surface area contributed by atoms with Gasteiger partial charge >= 0.3 is 16.2 Å². The summed E-state index contributed by atoms with van der Waals surface area (Å²) in [6.07, 6.45) is 0.691. The van der Waals surface area contributed by atoms with Crippen LogP contribution in [0.1, 0.15) is 16.8 Å². The van der Waals surface area contributed by atoms with Crippen LogP contribution in [-0.4, -0.2) is 32.6 Å². The molecule has 92 valence electrons. The van der Waals surface area contributed by atoms with Gasteiger partial charge in [-0.3, -0.25) is 4.31 Å². The SMILES string of the molecule is O=C(O)c1cccc(N2CCCNS2(=O)=O)c1. The molecule has 7 heteroatoms. The van der Waals surface area contributed by atoms with Gasteiger partial charge in [0.05, 0.1) is 11.3 Å². The summed E-state index contributed by atoms with van der Waals surface area (Å²) in [7, 11) is -3.53. The smallest absolute Gasteiger partial charge is 0.335 e. The van der Waals surface area contributed by atoms with Gasteiger partial charge in [0, 0.05) is 13.1 Å². The summed E-state index contributed by atoms with van der Waals surface area (Å²) in [6, 6.07) is 5.89. The van der Waals surface area contributed by atoms with E-state index in [1.165, 1.54) is 22.5 Å². The van der Waals surface area contributed by atoms with Crippen molar-refractivity contribution < 1.29 is 18.3 Å². The van der Waals surface area contributed by atoms with Gasteiger partial charge in [0.25, 0.3) is 0 Å². The lowest BCUT2D eigenvalue weighted by molar-refractivity contribution is 0.0697. The summed E-state index contributed by atoms with van der Waals surface area (Å²) in [5, 5.41) is 8.85. The molecule has 0 spiro atoms. The zero-order chi connectivity index (χ0) is 12.5. The van der Waals surface area contributed by atoms with Crippen molar-refractivity contribution in [2.45, 2.75) is 6.42 Å². The quantitative estimate of drug-likeness (QED) is 0.803. The lowest BCUT2D eigenvalue weighted by Crippen LogP contribution is -2.47. The van der Waals surface area contributed by atoms with Crippen molar-refractivity contribution in [3.63, 3.8) is 0 Å². The average Bonchev–Trinajstić information content (AvgIpc) is 2.28. The minimum Gasteiger partial charge on any atom is -0.478 e. The van der Waals surface area contributed by atoms with Gasteiger partial charge < -0.3 is 5.11 Å². The van der Waals surface area contributed by atoms with Crippen LogP contribution in [0.4, 0.5) is 5.69 Å². The average molecular weight is 256 g/mol. The third-order valence-electron chi connectivity index (χ3n) is 2.49. The molecule has 0 aromatic heterocycles. The van der Waals surface area contributed by atoms with Crippen molar-refractivity contribution in [3.05, 3.63) is 29.8 Å². The van der Waals surface area contributed by atoms with Gasteiger partial charge in [-0.1, -0.05) is 6.07 Å². The number of aromatic carboxylic acids is 1. The predicted molar refractivity (Wildman–Crippen MR) is 62.3 cm³/mol. The number of anilines is 1. The Morgan fingerprint density at radius 2 is 2.18 bits per heavy atom. The van der Waals surface area contributed by atoms with Gasteiger partial charge in [0.15, 0.2) is 0 Å². The highest BCUT2D eigenvalue weighted by Crippen LogP contribution is 2.21. The van der Waals surface area contributed by atoms with Crippen LogP contribution in [0.25, 0.3) is 0 Å². The topological polar surface area (TPSA) is 86.7 Å². The molecule has 1 aromatic rings. The molecule has 1 saturated heterocycles. The van der Waals surface area contributed by atoms with Crippen LogP contribution >= 0.6 is 0 Å². The molecule has 6 nitrogen and oxygen atoms in total. The second kappa shape index (κ2) is 4.34. The number of carboxylic acids is 1. The monoisotopic (exact) mass is 256 g/mol. The highest BCUT2D eigenvalue weighted by molar-refractivity contribution is 7.90. The summed E-state index contributed by atoms with van der Waals surface area (Å²) in [5.41, 5.74) is 0.445. The molecule has 0 atom stereocenters. The fourth-order valence-electron chi connectivity index (χ4n) is 1.68. The van der Waals surface area contributed by atoms with E-state index in [1.54, 1.807) is 6.07 Å². The summed E-state index contributed by atoms with van der Waals surface area (Å²) >= 11 is 0. The molecule has 2 N–H and O–H groups in total. The lowest BCUT2D eigenvalue weighted by atomic mass is 10.2. The fourth-order valence-corrected chi connectivity index (χ4v) is 3.00. The Morgan fingerprint density at radius 1 is 1.41 bits per heavy atom. The van der Waals surface area contributed by atoms with Gasteiger partial charge in [-0.15, -0.1) is 0 Å². The maximum atomic E-state index is 11.7. The molecule has 0 amide bonds. The molecule has 0 unspecified atom stereocenters. The Hall–Kier alpha value is -1.60. The van der Waals surface area contributed by atoms with Crippen molar-refractivity contribution in [3.8, 4) is 0 Å². The molecule has 0 bridgehead atoms. The highest BCUT2D eigenvalue weighted by atomic mass is 32.2. The molecule has 17 heavy (non-hydrogen) atoms. The van der Waals surface area contributed by atoms with E-state index in [1.807, 2.05) is 0 Å². The van der Waals surface area contributed by atoms with E-state index in [0.717, 1.165) is 0 Å². The Labute approximate surface area is 99.0 Å². The minimum atomic E-state index is -3.53. The molecular formula is C10H12N2O4S. The van der Waals surface area contributed by atoms with E-state index < -0.39 is 16.2 Å². The van der Waals surface area contributed by atoms with Crippen LogP contribution in [-0.2, 0) is 10.2 Å². The zero-order valence-electron chi connectivity index (χ0n) is 8.96. The van der Waals surface area contributed by atoms with E-state index in [2.05, 4.69) is 4.72 Å². The summed E-state index contributed by atoms with van der Waals surface area (Å²) in [6.45, 7) is 0.774. The van der Waals surface area contributed by atoms with E-state index >= 15 is 0 Å². The molecule has 1 fully saturated rings. The summed E-state index contributed by atoms with van der Waals surface area (Å²) in [4.78, 5) is 10.8. The van der Waals surface area contributed by atoms with Crippen LogP contribution in [0.15, 0.2) is 24.3 Å². The summed E-state index contributed by atoms with van der Waals surface area (Å²) in [5.74, 6) is -1.07. The Kier molecular flexibility index (Phi) is 3.03. The first kappa shape index (κ1) is 11.9. The summed E-state index contributed by atoms with van der Waals surface area (Å²) < 4.78 is 27.1. The lowest BCUT2D eigenvalue weighted by Gasteiger charge is -2.28. The minimum absolute atomic E-state index is 0.0725. The molecule has 0 aliphatic carbocycles. The maximum Gasteiger partial charge on any atom is 0.335 e. The molecule has 1 aliphatic rings. The van der Waals surface area contributed by atoms with Crippen molar-refractivity contribution in [2.75, 3.05) is 17.4 Å². The Morgan fingerprint density at radius 3 is 2.82 bits per heavy atom. The fraction of sp³-hybridized carbons (Fsp3) is 0.300. The van der Waals surface area contributed by atoms with Crippen LogP contribution in [0.5, 0.6) is 0 Å². The number of nitrogens with one attached hydrogen (secondary N) is 1. The largest absolute Gasteiger partial charge is 0.478 e. The van der Waals surface area contributed by atoms with Gasteiger partial charge in [0.2, 0.25) is 0 Å². The molecule has 1 heterocycles. The third-order valence-corrected chi connectivity index (χ3v) is 4.04. The second-order valence-electron chi connectivity index (χ2n) is 3.68. The van der Waals surface area contributed by atoms with Crippen LogP contribution in [0.3, 0.4) is 0 Å². The van der Waals surface area contributed by atoms with Gasteiger partial charge in [-0.25, -0.2) is 4.79 Å². The molecule has 1 aliphatic heterocycles. The normalized spacial score (nSPS) is 18.9. The number of carbonyl (C=O) groups is 1. The maximum absolute atomic E-state index is 11.7. The van der Waals surface area contributed by atoms with E-state index in [-0.39, 0.29) is 5.56 Å². The Bertz CT molecular complexity index is 541. The first-order chi connectivity index (χ1) is 8.00. The van der Waals surface area contributed by atoms with Gasteiger partial charge in [0.1, 0.15) is 0 Å². The van der Waals surface area contributed by atoms with Crippen LogP contribution < -0.4 is 9.03 Å². The second-order valence-corrected chi connectivity index (χ2v) is 5.36. The number of nitrogens with zero attached hydrogens (tertiary/aromatic N) is 1. The number of hydrogen-bond acceptors (Lipinski definition) is 3. The third kappa shape index (κ3) is 2.40. The van der Waals surface area contributed by atoms with Gasteiger partial charge in [-0.05, 0) is 24.6 Å². The van der Waals surface area contributed by atoms with Crippen molar-refractivity contribution >= 4 is 21.9 Å². The molecular weight excluding hydrogens is 244 g/mol. The van der Waals surface area contributed by atoms with E-state index in [4.69, 9.17) is 5.11 Å². The van der Waals surface area contributed by atoms with Crippen molar-refractivity contribution in [2.24, 2.45) is 0 Å². The number of benzene rings is 1. The first-order valence-corrected chi connectivity index (χ1v) is 6.55. The van der Waals surface area contributed by atoms with Crippen LogP contribution in [0.2, 0.25) is 0 Å². The van der Waals surface area contributed by atoms with Crippen molar-refractivity contribution in [1.82, 2.24) is 4.72 Å². The molecule has 1 aromatic carbocycles. The van der Waals surface area contributed by atoms with Gasteiger partial charge in [-0.2, -0.15) is 13.1 Å². The van der Waals surface area contributed by atoms with E-state index in [9.17, 15) is 13.2 Å². The zero-order valence-corrected chi connectivity index (χ0v) is 9.77. The Balaban J connectivity index is 2.39. The number of rotatable bonds is 2.